The third kappa shape index (κ3) is 2.71. The highest BCUT2D eigenvalue weighted by Crippen LogP contribution is 2.30. The van der Waals surface area contributed by atoms with E-state index in [9.17, 15) is 4.79 Å². The molecular formula is C16H21N5O3. The fourth-order valence-corrected chi connectivity index (χ4v) is 3.41. The van der Waals surface area contributed by atoms with Crippen LogP contribution in [0, 0.1) is 0 Å². The maximum absolute atomic E-state index is 11.9. The van der Waals surface area contributed by atoms with E-state index in [2.05, 4.69) is 15.2 Å². The molecule has 128 valence electrons. The van der Waals surface area contributed by atoms with Gasteiger partial charge in [0.2, 0.25) is 0 Å². The molecule has 2 atom stereocenters. The largest absolute Gasteiger partial charge is 0.455 e. The number of carbonyl (C=O) groups is 1. The third-order valence-corrected chi connectivity index (χ3v) is 4.67. The number of nitrogens with zero attached hydrogens (tertiary/aromatic N) is 5. The lowest BCUT2D eigenvalue weighted by molar-refractivity contribution is -0.0677. The summed E-state index contributed by atoms with van der Waals surface area (Å²) in [6.07, 6.45) is 2.91. The summed E-state index contributed by atoms with van der Waals surface area (Å²) in [4.78, 5) is 15.8. The third-order valence-electron chi connectivity index (χ3n) is 4.67. The zero-order valence-electron chi connectivity index (χ0n) is 13.9. The predicted octanol–water partition coefficient (Wildman–Crippen LogP) is 0.919. The summed E-state index contributed by atoms with van der Waals surface area (Å²) in [5.41, 5.74) is 1.02. The van der Waals surface area contributed by atoms with E-state index in [0.717, 1.165) is 31.0 Å². The molecule has 1 amide bonds. The van der Waals surface area contributed by atoms with Crippen molar-refractivity contribution >= 4 is 5.91 Å². The number of rotatable bonds is 3. The van der Waals surface area contributed by atoms with Gasteiger partial charge in [-0.15, -0.1) is 5.10 Å². The van der Waals surface area contributed by atoms with E-state index in [1.165, 1.54) is 4.90 Å². The highest BCUT2D eigenvalue weighted by Gasteiger charge is 2.36. The van der Waals surface area contributed by atoms with Crippen molar-refractivity contribution in [3.05, 3.63) is 35.5 Å². The Bertz CT molecular complexity index is 738. The highest BCUT2D eigenvalue weighted by molar-refractivity contribution is 5.91. The van der Waals surface area contributed by atoms with Crippen LogP contribution < -0.4 is 0 Å². The first-order chi connectivity index (χ1) is 11.6. The first-order valence-corrected chi connectivity index (χ1v) is 8.15. The molecule has 2 aliphatic heterocycles. The lowest BCUT2D eigenvalue weighted by Gasteiger charge is -2.40. The second kappa shape index (κ2) is 6.03. The van der Waals surface area contributed by atoms with E-state index in [-0.39, 0.29) is 18.1 Å². The molecule has 4 rings (SSSR count). The molecule has 2 aromatic heterocycles. The minimum atomic E-state index is -0.118. The molecule has 2 aromatic rings. The predicted molar refractivity (Wildman–Crippen MR) is 84.3 cm³/mol. The minimum absolute atomic E-state index is 0.118. The molecule has 0 radical (unpaired) electrons. The number of aromatic nitrogens is 3. The van der Waals surface area contributed by atoms with Crippen molar-refractivity contribution < 1.29 is 13.9 Å². The number of carbonyl (C=O) groups excluding carboxylic acids is 1. The summed E-state index contributed by atoms with van der Waals surface area (Å²) in [6, 6.07) is 3.80. The molecule has 1 fully saturated rings. The second-order valence-corrected chi connectivity index (χ2v) is 6.58. The summed E-state index contributed by atoms with van der Waals surface area (Å²) >= 11 is 0. The van der Waals surface area contributed by atoms with Crippen LogP contribution >= 0.6 is 0 Å². The molecule has 4 heterocycles. The Kier molecular flexibility index (Phi) is 3.85. The van der Waals surface area contributed by atoms with Crippen molar-refractivity contribution in [2.24, 2.45) is 0 Å². The lowest BCUT2D eigenvalue weighted by atomic mass is 10.0. The van der Waals surface area contributed by atoms with Gasteiger partial charge >= 0.3 is 0 Å². The van der Waals surface area contributed by atoms with E-state index < -0.39 is 0 Å². The number of fused-ring (bicyclic) bond motifs is 3. The normalized spacial score (nSPS) is 23.6. The van der Waals surface area contributed by atoms with Crippen LogP contribution in [0.4, 0.5) is 0 Å². The van der Waals surface area contributed by atoms with Crippen LogP contribution in [0.2, 0.25) is 0 Å². The topological polar surface area (TPSA) is 76.6 Å². The molecule has 0 spiro atoms. The smallest absolute Gasteiger partial charge is 0.289 e. The van der Waals surface area contributed by atoms with Crippen molar-refractivity contribution in [2.45, 2.75) is 31.7 Å². The van der Waals surface area contributed by atoms with Gasteiger partial charge in [0.25, 0.3) is 5.91 Å². The van der Waals surface area contributed by atoms with Crippen LogP contribution in [0.3, 0.4) is 0 Å². The Morgan fingerprint density at radius 2 is 2.29 bits per heavy atom. The molecule has 0 aliphatic carbocycles. The van der Waals surface area contributed by atoms with Crippen LogP contribution in [0.15, 0.2) is 22.7 Å². The molecule has 0 N–H and O–H groups in total. The molecule has 1 saturated heterocycles. The summed E-state index contributed by atoms with van der Waals surface area (Å²) < 4.78 is 13.6. The van der Waals surface area contributed by atoms with Gasteiger partial charge in [0.15, 0.2) is 5.76 Å². The zero-order valence-corrected chi connectivity index (χ0v) is 13.9. The lowest BCUT2D eigenvalue weighted by Crippen LogP contribution is -2.47. The van der Waals surface area contributed by atoms with Gasteiger partial charge in [-0.1, -0.05) is 5.21 Å². The van der Waals surface area contributed by atoms with Crippen LogP contribution in [-0.2, 0) is 17.9 Å². The Morgan fingerprint density at radius 1 is 1.42 bits per heavy atom. The molecule has 0 aromatic carbocycles. The average Bonchev–Trinajstić information content (AvgIpc) is 3.23. The minimum Gasteiger partial charge on any atom is -0.455 e. The van der Waals surface area contributed by atoms with Gasteiger partial charge in [-0.2, -0.15) is 0 Å². The zero-order chi connectivity index (χ0) is 16.7. The van der Waals surface area contributed by atoms with Crippen molar-refractivity contribution in [1.29, 1.82) is 0 Å². The van der Waals surface area contributed by atoms with E-state index in [1.54, 1.807) is 26.4 Å². The van der Waals surface area contributed by atoms with Crippen LogP contribution in [-0.4, -0.2) is 64.0 Å². The standard InChI is InChI=1S/C16H21N5O3/c1-19(2)16(22)15-4-3-12(24-15)8-20-6-5-14-13(9-20)21-11(10-23-14)7-17-18-21/h3-4,7,13-14H,5-6,8-10H2,1-2H3/t13-,14-/m0/s1. The molecule has 8 heteroatoms. The number of ether oxygens (including phenoxy) is 1. The first-order valence-electron chi connectivity index (χ1n) is 8.15. The van der Waals surface area contributed by atoms with E-state index in [0.29, 0.717) is 18.9 Å². The quantitative estimate of drug-likeness (QED) is 0.832. The fourth-order valence-electron chi connectivity index (χ4n) is 3.41. The van der Waals surface area contributed by atoms with Gasteiger partial charge < -0.3 is 14.1 Å². The van der Waals surface area contributed by atoms with Crippen molar-refractivity contribution in [2.75, 3.05) is 27.2 Å². The van der Waals surface area contributed by atoms with Gasteiger partial charge in [-0.25, -0.2) is 4.68 Å². The summed E-state index contributed by atoms with van der Waals surface area (Å²) in [7, 11) is 3.43. The number of piperidine rings is 1. The monoisotopic (exact) mass is 331 g/mol. The van der Waals surface area contributed by atoms with Crippen molar-refractivity contribution in [1.82, 2.24) is 24.8 Å². The fraction of sp³-hybridized carbons (Fsp3) is 0.562. The van der Waals surface area contributed by atoms with Gasteiger partial charge in [-0.3, -0.25) is 9.69 Å². The Hall–Kier alpha value is -2.19. The molecule has 2 aliphatic rings. The summed E-state index contributed by atoms with van der Waals surface area (Å²) in [5.74, 6) is 1.06. The molecule has 0 unspecified atom stereocenters. The molecule has 24 heavy (non-hydrogen) atoms. The second-order valence-electron chi connectivity index (χ2n) is 6.58. The molecule has 0 saturated carbocycles. The van der Waals surface area contributed by atoms with E-state index >= 15 is 0 Å². The van der Waals surface area contributed by atoms with Gasteiger partial charge in [0.1, 0.15) is 5.76 Å². The number of likely N-dealkylation sites (tertiary alicyclic amines) is 1. The maximum atomic E-state index is 11.9. The maximum Gasteiger partial charge on any atom is 0.289 e. The van der Waals surface area contributed by atoms with Crippen molar-refractivity contribution in [3.8, 4) is 0 Å². The molecular weight excluding hydrogens is 310 g/mol. The van der Waals surface area contributed by atoms with E-state index in [1.807, 2.05) is 10.7 Å². The van der Waals surface area contributed by atoms with Gasteiger partial charge in [0, 0.05) is 27.2 Å². The van der Waals surface area contributed by atoms with Crippen LogP contribution in [0.5, 0.6) is 0 Å². The Labute approximate surface area is 140 Å². The number of hydrogen-bond acceptors (Lipinski definition) is 6. The first kappa shape index (κ1) is 15.3. The highest BCUT2D eigenvalue weighted by atomic mass is 16.5. The van der Waals surface area contributed by atoms with Gasteiger partial charge in [0.05, 0.1) is 37.2 Å². The number of amides is 1. The summed E-state index contributed by atoms with van der Waals surface area (Å²) in [6.45, 7) is 3.03. The Balaban J connectivity index is 1.45. The summed E-state index contributed by atoms with van der Waals surface area (Å²) in [5, 5.41) is 8.21. The van der Waals surface area contributed by atoms with Gasteiger partial charge in [-0.05, 0) is 18.6 Å². The average molecular weight is 331 g/mol. The Morgan fingerprint density at radius 3 is 3.12 bits per heavy atom. The van der Waals surface area contributed by atoms with Crippen LogP contribution in [0.25, 0.3) is 0 Å². The SMILES string of the molecule is CN(C)C(=O)c1ccc(CN2CC[C@@H]3OCc4cnnn4[C@H]3C2)o1. The van der Waals surface area contributed by atoms with E-state index in [4.69, 9.17) is 9.15 Å². The van der Waals surface area contributed by atoms with Crippen LogP contribution in [0.1, 0.15) is 34.5 Å². The molecule has 8 nitrogen and oxygen atoms in total. The number of furan rings is 1. The van der Waals surface area contributed by atoms with Crippen molar-refractivity contribution in [3.63, 3.8) is 0 Å². The number of hydrogen-bond donors (Lipinski definition) is 0. The molecule has 0 bridgehead atoms.